The lowest BCUT2D eigenvalue weighted by molar-refractivity contribution is 0.0396. The van der Waals surface area contributed by atoms with Gasteiger partial charge in [0.05, 0.1) is 12.6 Å². The Hall–Kier alpha value is -0.840. The van der Waals surface area contributed by atoms with E-state index in [0.717, 1.165) is 11.5 Å². The number of rotatable bonds is 5. The van der Waals surface area contributed by atoms with Crippen LogP contribution in [0.25, 0.3) is 0 Å². The Balaban J connectivity index is 2.90. The van der Waals surface area contributed by atoms with Gasteiger partial charge in [0.2, 0.25) is 0 Å². The largest absolute Gasteiger partial charge is 0.465 e. The molecule has 1 aromatic rings. The summed E-state index contributed by atoms with van der Waals surface area (Å²) in [6, 6.07) is 3.87. The molecule has 16 heavy (non-hydrogen) atoms. The first-order chi connectivity index (χ1) is 7.42. The number of furan rings is 1. The summed E-state index contributed by atoms with van der Waals surface area (Å²) in [5.41, 5.74) is 5.47. The van der Waals surface area contributed by atoms with E-state index in [2.05, 4.69) is 0 Å². The molecular weight excluding hydrogens is 204 g/mol. The van der Waals surface area contributed by atoms with Crippen molar-refractivity contribution in [2.75, 3.05) is 20.2 Å². The van der Waals surface area contributed by atoms with Crippen LogP contribution in [-0.4, -0.2) is 35.7 Å². The number of aliphatic hydroxyl groups excluding tert-OH is 1. The van der Waals surface area contributed by atoms with E-state index >= 15 is 0 Å². The minimum Gasteiger partial charge on any atom is -0.465 e. The van der Waals surface area contributed by atoms with E-state index in [9.17, 15) is 5.11 Å². The van der Waals surface area contributed by atoms with E-state index in [1.165, 1.54) is 0 Å². The van der Waals surface area contributed by atoms with Crippen molar-refractivity contribution in [1.29, 1.82) is 0 Å². The molecule has 3 N–H and O–H groups in total. The van der Waals surface area contributed by atoms with Crippen LogP contribution in [0.4, 0.5) is 0 Å². The van der Waals surface area contributed by atoms with Gasteiger partial charge in [-0.2, -0.15) is 0 Å². The lowest BCUT2D eigenvalue weighted by Gasteiger charge is -2.38. The number of aryl methyl sites for hydroxylation is 1. The molecule has 0 aromatic carbocycles. The number of likely N-dealkylation sites (N-methyl/N-ethyl adjacent to an activating group) is 1. The highest BCUT2D eigenvalue weighted by Gasteiger charge is 2.30. The second-order valence-corrected chi connectivity index (χ2v) is 4.78. The second kappa shape index (κ2) is 4.99. The maximum Gasteiger partial charge on any atom is 0.122 e. The Bertz CT molecular complexity index is 334. The highest BCUT2D eigenvalue weighted by molar-refractivity contribution is 5.11. The van der Waals surface area contributed by atoms with Crippen LogP contribution in [0.15, 0.2) is 16.5 Å². The predicted octanol–water partition coefficient (Wildman–Crippen LogP) is 1.29. The fraction of sp³-hybridized carbons (Fsp3) is 0.667. The third-order valence-electron chi connectivity index (χ3n) is 3.12. The van der Waals surface area contributed by atoms with E-state index in [1.54, 1.807) is 0 Å². The lowest BCUT2D eigenvalue weighted by atomic mass is 10.0. The molecule has 0 aliphatic heterocycles. The summed E-state index contributed by atoms with van der Waals surface area (Å²) in [7, 11) is 1.95. The molecule has 1 unspecified atom stereocenters. The number of aliphatic hydroxyl groups is 1. The zero-order valence-electron chi connectivity index (χ0n) is 10.5. The molecule has 0 radical (unpaired) electrons. The van der Waals surface area contributed by atoms with Crippen LogP contribution in [0, 0.1) is 6.92 Å². The lowest BCUT2D eigenvalue weighted by Crippen LogP contribution is -2.48. The maximum atomic E-state index is 9.35. The van der Waals surface area contributed by atoms with E-state index in [0.29, 0.717) is 6.54 Å². The van der Waals surface area contributed by atoms with Crippen LogP contribution in [0.5, 0.6) is 0 Å². The van der Waals surface area contributed by atoms with Gasteiger partial charge in [0.25, 0.3) is 0 Å². The van der Waals surface area contributed by atoms with E-state index in [4.69, 9.17) is 10.2 Å². The molecule has 0 amide bonds. The van der Waals surface area contributed by atoms with E-state index < -0.39 is 0 Å². The third kappa shape index (κ3) is 2.64. The SMILES string of the molecule is Cc1ccc(C(CN)N(C)C(C)(C)CO)o1. The van der Waals surface area contributed by atoms with E-state index in [1.807, 2.05) is 44.9 Å². The van der Waals surface area contributed by atoms with Crippen LogP contribution in [0.1, 0.15) is 31.4 Å². The van der Waals surface area contributed by atoms with Crippen LogP contribution in [0.3, 0.4) is 0 Å². The topological polar surface area (TPSA) is 62.6 Å². The standard InChI is InChI=1S/C12H22N2O2/c1-9-5-6-11(16-9)10(7-13)14(4)12(2,3)8-15/h5-6,10,15H,7-8,13H2,1-4H3. The van der Waals surface area contributed by atoms with Crippen molar-refractivity contribution in [3.05, 3.63) is 23.7 Å². The van der Waals surface area contributed by atoms with Crippen LogP contribution in [0.2, 0.25) is 0 Å². The maximum absolute atomic E-state index is 9.35. The summed E-state index contributed by atoms with van der Waals surface area (Å²) in [5.74, 6) is 1.73. The molecule has 0 aliphatic rings. The Morgan fingerprint density at radius 1 is 1.50 bits per heavy atom. The molecule has 0 aliphatic carbocycles. The number of nitrogens with zero attached hydrogens (tertiary/aromatic N) is 1. The molecule has 0 saturated heterocycles. The van der Waals surface area contributed by atoms with Gasteiger partial charge in [-0.3, -0.25) is 4.90 Å². The van der Waals surface area contributed by atoms with Crippen LogP contribution >= 0.6 is 0 Å². The monoisotopic (exact) mass is 226 g/mol. The average molecular weight is 226 g/mol. The van der Waals surface area contributed by atoms with E-state index in [-0.39, 0.29) is 18.2 Å². The predicted molar refractivity (Wildman–Crippen MR) is 64.2 cm³/mol. The highest BCUT2D eigenvalue weighted by Crippen LogP contribution is 2.26. The molecule has 0 spiro atoms. The Morgan fingerprint density at radius 3 is 2.50 bits per heavy atom. The summed E-state index contributed by atoms with van der Waals surface area (Å²) >= 11 is 0. The first kappa shape index (κ1) is 13.2. The molecule has 1 heterocycles. The number of nitrogens with two attached hydrogens (primary N) is 1. The average Bonchev–Trinajstić information content (AvgIpc) is 2.66. The van der Waals surface area contributed by atoms with Crippen LogP contribution in [-0.2, 0) is 0 Å². The van der Waals surface area contributed by atoms with Crippen LogP contribution < -0.4 is 5.73 Å². The van der Waals surface area contributed by atoms with Crippen molar-refractivity contribution < 1.29 is 9.52 Å². The fourth-order valence-corrected chi connectivity index (χ4v) is 1.63. The van der Waals surface area contributed by atoms with Crippen molar-refractivity contribution in [2.24, 2.45) is 5.73 Å². The minimum absolute atomic E-state index is 0.00384. The van der Waals surface area contributed by atoms with Crippen molar-refractivity contribution >= 4 is 0 Å². The summed E-state index contributed by atoms with van der Waals surface area (Å²) in [4.78, 5) is 2.05. The first-order valence-corrected chi connectivity index (χ1v) is 5.52. The number of hydrogen-bond donors (Lipinski definition) is 2. The quantitative estimate of drug-likeness (QED) is 0.794. The molecular formula is C12H22N2O2. The molecule has 1 rings (SSSR count). The molecule has 0 saturated carbocycles. The number of hydrogen-bond acceptors (Lipinski definition) is 4. The Morgan fingerprint density at radius 2 is 2.12 bits per heavy atom. The highest BCUT2D eigenvalue weighted by atomic mass is 16.3. The molecule has 4 nitrogen and oxygen atoms in total. The molecule has 4 heteroatoms. The first-order valence-electron chi connectivity index (χ1n) is 5.52. The van der Waals surface area contributed by atoms with Gasteiger partial charge >= 0.3 is 0 Å². The van der Waals surface area contributed by atoms with Gasteiger partial charge in [-0.05, 0) is 40.0 Å². The Kier molecular flexibility index (Phi) is 4.13. The normalized spacial score (nSPS) is 14.4. The zero-order chi connectivity index (χ0) is 12.3. The van der Waals surface area contributed by atoms with Gasteiger partial charge in [0.1, 0.15) is 11.5 Å². The van der Waals surface area contributed by atoms with Gasteiger partial charge in [-0.1, -0.05) is 0 Å². The molecule has 1 atom stereocenters. The summed E-state index contributed by atoms with van der Waals surface area (Å²) in [6.07, 6.45) is 0. The van der Waals surface area contributed by atoms with Crippen molar-refractivity contribution in [1.82, 2.24) is 4.90 Å². The van der Waals surface area contributed by atoms with Gasteiger partial charge in [-0.25, -0.2) is 0 Å². The summed E-state index contributed by atoms with van der Waals surface area (Å²) in [6.45, 7) is 6.41. The van der Waals surface area contributed by atoms with Gasteiger partial charge in [0, 0.05) is 12.1 Å². The van der Waals surface area contributed by atoms with Gasteiger partial charge in [0.15, 0.2) is 0 Å². The van der Waals surface area contributed by atoms with Crippen molar-refractivity contribution in [3.8, 4) is 0 Å². The minimum atomic E-state index is -0.315. The van der Waals surface area contributed by atoms with Gasteiger partial charge < -0.3 is 15.3 Å². The molecule has 0 bridgehead atoms. The molecule has 92 valence electrons. The molecule has 0 fully saturated rings. The summed E-state index contributed by atoms with van der Waals surface area (Å²) < 4.78 is 5.59. The van der Waals surface area contributed by atoms with Crippen molar-refractivity contribution in [3.63, 3.8) is 0 Å². The fourth-order valence-electron chi connectivity index (χ4n) is 1.63. The smallest absolute Gasteiger partial charge is 0.122 e. The third-order valence-corrected chi connectivity index (χ3v) is 3.12. The van der Waals surface area contributed by atoms with Gasteiger partial charge in [-0.15, -0.1) is 0 Å². The zero-order valence-corrected chi connectivity index (χ0v) is 10.5. The summed E-state index contributed by atoms with van der Waals surface area (Å²) in [5, 5.41) is 9.35. The second-order valence-electron chi connectivity index (χ2n) is 4.78. The Labute approximate surface area is 97.0 Å². The van der Waals surface area contributed by atoms with Crippen molar-refractivity contribution in [2.45, 2.75) is 32.4 Å². The molecule has 1 aromatic heterocycles.